The lowest BCUT2D eigenvalue weighted by Crippen LogP contribution is -2.51. The predicted molar refractivity (Wildman–Crippen MR) is 44.9 cm³/mol. The van der Waals surface area contributed by atoms with Gasteiger partial charge < -0.3 is 10.2 Å². The van der Waals surface area contributed by atoms with Crippen molar-refractivity contribution < 1.29 is 4.79 Å². The fraction of sp³-hybridized carbons (Fsp3) is 0.857. The van der Waals surface area contributed by atoms with E-state index in [9.17, 15) is 4.79 Å². The van der Waals surface area contributed by atoms with Gasteiger partial charge in [-0.25, -0.2) is 0 Å². The average molecular weight is 177 g/mol. The third kappa shape index (κ3) is 1.65. The molecule has 2 rings (SSSR count). The Kier molecular flexibility index (Phi) is 2.40. The topological polar surface area (TPSA) is 32.3 Å². The molecule has 64 valence electrons. The molecule has 1 aliphatic heterocycles. The number of nitrogens with zero attached hydrogens (tertiary/aromatic N) is 1. The van der Waals surface area contributed by atoms with Gasteiger partial charge in [-0.1, -0.05) is 0 Å². The Hall–Kier alpha value is -0.280. The van der Waals surface area contributed by atoms with E-state index < -0.39 is 0 Å². The third-order valence-corrected chi connectivity index (χ3v) is 2.41. The van der Waals surface area contributed by atoms with Crippen LogP contribution in [0, 0.1) is 0 Å². The Morgan fingerprint density at radius 1 is 1.45 bits per heavy atom. The molecule has 0 radical (unpaired) electrons. The molecule has 11 heavy (non-hydrogen) atoms. The molecule has 4 heteroatoms. The minimum Gasteiger partial charge on any atom is -0.342 e. The number of hydrogen-bond acceptors (Lipinski definition) is 2. The van der Waals surface area contributed by atoms with E-state index in [0.29, 0.717) is 5.54 Å². The summed E-state index contributed by atoms with van der Waals surface area (Å²) < 4.78 is 0. The zero-order valence-electron chi connectivity index (χ0n) is 6.38. The maximum atomic E-state index is 10.4. The molecule has 2 aliphatic rings. The smallest absolute Gasteiger partial charge is 0.209 e. The third-order valence-electron chi connectivity index (χ3n) is 2.41. The number of hydrogen-bond donors (Lipinski definition) is 1. The van der Waals surface area contributed by atoms with Crippen molar-refractivity contribution in [1.82, 2.24) is 10.2 Å². The molecular formula is C7H13ClN2O. The first-order valence-electron chi connectivity index (χ1n) is 3.79. The monoisotopic (exact) mass is 176 g/mol. The summed E-state index contributed by atoms with van der Waals surface area (Å²) in [4.78, 5) is 12.2. The number of halogens is 1. The van der Waals surface area contributed by atoms with Crippen LogP contribution in [0.2, 0.25) is 0 Å². The highest BCUT2D eigenvalue weighted by Gasteiger charge is 2.45. The van der Waals surface area contributed by atoms with Crippen molar-refractivity contribution in [3.63, 3.8) is 0 Å². The first-order valence-corrected chi connectivity index (χ1v) is 3.79. The van der Waals surface area contributed by atoms with Crippen molar-refractivity contribution in [2.75, 3.05) is 19.6 Å². The zero-order valence-corrected chi connectivity index (χ0v) is 7.19. The Morgan fingerprint density at radius 2 is 2.18 bits per heavy atom. The molecular weight excluding hydrogens is 164 g/mol. The first-order chi connectivity index (χ1) is 4.85. The van der Waals surface area contributed by atoms with Gasteiger partial charge >= 0.3 is 0 Å². The van der Waals surface area contributed by atoms with Gasteiger partial charge in [0, 0.05) is 25.2 Å². The van der Waals surface area contributed by atoms with Gasteiger partial charge in [-0.2, -0.15) is 0 Å². The highest BCUT2D eigenvalue weighted by Crippen LogP contribution is 2.36. The number of carbonyl (C=O) groups is 1. The second-order valence-electron chi connectivity index (χ2n) is 3.28. The van der Waals surface area contributed by atoms with Crippen molar-refractivity contribution >= 4 is 18.8 Å². The van der Waals surface area contributed by atoms with Crippen molar-refractivity contribution in [2.45, 2.75) is 18.4 Å². The van der Waals surface area contributed by atoms with Crippen LogP contribution in [0.15, 0.2) is 0 Å². The maximum Gasteiger partial charge on any atom is 0.209 e. The molecule has 1 aliphatic carbocycles. The molecule has 1 saturated carbocycles. The second kappa shape index (κ2) is 2.99. The van der Waals surface area contributed by atoms with E-state index in [-0.39, 0.29) is 12.4 Å². The standard InChI is InChI=1S/C7H12N2O.ClH/c10-6-9-4-3-8-7(5-9)1-2-7;/h6,8H,1-5H2;1H. The lowest BCUT2D eigenvalue weighted by molar-refractivity contribution is -0.119. The van der Waals surface area contributed by atoms with Gasteiger partial charge in [0.1, 0.15) is 0 Å². The van der Waals surface area contributed by atoms with Gasteiger partial charge in [-0.3, -0.25) is 4.79 Å². The normalized spacial score (nSPS) is 26.0. The molecule has 0 aromatic rings. The molecule has 0 aromatic heterocycles. The van der Waals surface area contributed by atoms with E-state index in [1.165, 1.54) is 12.8 Å². The van der Waals surface area contributed by atoms with Crippen LogP contribution < -0.4 is 5.32 Å². The van der Waals surface area contributed by atoms with Gasteiger partial charge in [-0.05, 0) is 12.8 Å². The molecule has 1 spiro atoms. The van der Waals surface area contributed by atoms with Crippen LogP contribution in [0.5, 0.6) is 0 Å². The van der Waals surface area contributed by atoms with E-state index >= 15 is 0 Å². The summed E-state index contributed by atoms with van der Waals surface area (Å²) in [5.74, 6) is 0. The van der Waals surface area contributed by atoms with E-state index in [2.05, 4.69) is 5.32 Å². The number of carbonyl (C=O) groups excluding carboxylic acids is 1. The average Bonchev–Trinajstić information content (AvgIpc) is 2.70. The molecule has 0 unspecified atom stereocenters. The summed E-state index contributed by atoms with van der Waals surface area (Å²) in [6.07, 6.45) is 3.45. The fourth-order valence-electron chi connectivity index (χ4n) is 1.56. The largest absolute Gasteiger partial charge is 0.342 e. The van der Waals surface area contributed by atoms with Crippen LogP contribution in [-0.2, 0) is 4.79 Å². The molecule has 0 bridgehead atoms. The molecule has 1 heterocycles. The Bertz CT molecular complexity index is 159. The summed E-state index contributed by atoms with van der Waals surface area (Å²) in [5, 5.41) is 3.43. The summed E-state index contributed by atoms with van der Waals surface area (Å²) in [7, 11) is 0. The summed E-state index contributed by atoms with van der Waals surface area (Å²) in [6.45, 7) is 2.78. The SMILES string of the molecule is Cl.O=CN1CCNC2(CC2)C1. The molecule has 1 N–H and O–H groups in total. The van der Waals surface area contributed by atoms with Crippen LogP contribution in [-0.4, -0.2) is 36.5 Å². The molecule has 0 atom stereocenters. The minimum atomic E-state index is 0. The molecule has 1 saturated heterocycles. The highest BCUT2D eigenvalue weighted by atomic mass is 35.5. The molecule has 2 fully saturated rings. The summed E-state index contributed by atoms with van der Waals surface area (Å²) in [6, 6.07) is 0. The first kappa shape index (κ1) is 8.81. The number of piperazine rings is 1. The zero-order chi connectivity index (χ0) is 7.03. The lowest BCUT2D eigenvalue weighted by Gasteiger charge is -2.31. The number of nitrogens with one attached hydrogen (secondary N) is 1. The Morgan fingerprint density at radius 3 is 2.73 bits per heavy atom. The van der Waals surface area contributed by atoms with Crippen molar-refractivity contribution in [1.29, 1.82) is 0 Å². The quantitative estimate of drug-likeness (QED) is 0.571. The molecule has 0 aromatic carbocycles. The van der Waals surface area contributed by atoms with Gasteiger partial charge in [0.25, 0.3) is 0 Å². The van der Waals surface area contributed by atoms with Crippen LogP contribution in [0.25, 0.3) is 0 Å². The fourth-order valence-corrected chi connectivity index (χ4v) is 1.56. The lowest BCUT2D eigenvalue weighted by atomic mass is 10.2. The van der Waals surface area contributed by atoms with Crippen molar-refractivity contribution in [2.24, 2.45) is 0 Å². The van der Waals surface area contributed by atoms with E-state index in [1.807, 2.05) is 4.90 Å². The van der Waals surface area contributed by atoms with Gasteiger partial charge in [0.15, 0.2) is 0 Å². The van der Waals surface area contributed by atoms with Gasteiger partial charge in [-0.15, -0.1) is 12.4 Å². The Balaban J connectivity index is 0.000000605. The van der Waals surface area contributed by atoms with Gasteiger partial charge in [0.05, 0.1) is 0 Å². The second-order valence-corrected chi connectivity index (χ2v) is 3.28. The summed E-state index contributed by atoms with van der Waals surface area (Å²) in [5.41, 5.74) is 0.346. The number of rotatable bonds is 1. The van der Waals surface area contributed by atoms with E-state index in [1.54, 1.807) is 0 Å². The van der Waals surface area contributed by atoms with Crippen LogP contribution >= 0.6 is 12.4 Å². The molecule has 1 amide bonds. The Labute approximate surface area is 72.5 Å². The van der Waals surface area contributed by atoms with Crippen LogP contribution in [0.3, 0.4) is 0 Å². The van der Waals surface area contributed by atoms with E-state index in [4.69, 9.17) is 0 Å². The van der Waals surface area contributed by atoms with Crippen LogP contribution in [0.4, 0.5) is 0 Å². The summed E-state index contributed by atoms with van der Waals surface area (Å²) >= 11 is 0. The van der Waals surface area contributed by atoms with E-state index in [0.717, 1.165) is 26.0 Å². The number of amides is 1. The van der Waals surface area contributed by atoms with Crippen molar-refractivity contribution in [3.8, 4) is 0 Å². The maximum absolute atomic E-state index is 10.4. The minimum absolute atomic E-state index is 0. The van der Waals surface area contributed by atoms with Crippen molar-refractivity contribution in [3.05, 3.63) is 0 Å². The molecule has 3 nitrogen and oxygen atoms in total. The van der Waals surface area contributed by atoms with Crippen LogP contribution in [0.1, 0.15) is 12.8 Å². The van der Waals surface area contributed by atoms with Gasteiger partial charge in [0.2, 0.25) is 6.41 Å². The highest BCUT2D eigenvalue weighted by molar-refractivity contribution is 5.85. The predicted octanol–water partition coefficient (Wildman–Crippen LogP) is 0.00240.